The van der Waals surface area contributed by atoms with Crippen LogP contribution in [-0.4, -0.2) is 51.2 Å². The molecule has 0 fully saturated rings. The van der Waals surface area contributed by atoms with Gasteiger partial charge in [-0.2, -0.15) is 5.10 Å². The summed E-state index contributed by atoms with van der Waals surface area (Å²) in [5.74, 6) is -1.23. The van der Waals surface area contributed by atoms with Crippen molar-refractivity contribution in [2.45, 2.75) is 59.4 Å². The van der Waals surface area contributed by atoms with Crippen molar-refractivity contribution in [3.05, 3.63) is 71.4 Å². The maximum Gasteiger partial charge on any atom is 0.227 e. The molecule has 2 aromatic carbocycles. The number of para-hydroxylation sites is 1. The largest absolute Gasteiger partial charge is 0.435 e. The summed E-state index contributed by atoms with van der Waals surface area (Å²) in [6.45, 7) is 10.8. The Morgan fingerprint density at radius 1 is 1.06 bits per heavy atom. The molecule has 1 atom stereocenters. The topological polar surface area (TPSA) is 59.8 Å². The summed E-state index contributed by atoms with van der Waals surface area (Å²) in [4.78, 5) is 2.08. The second-order valence-corrected chi connectivity index (χ2v) is 8.85. The lowest BCUT2D eigenvalue weighted by Gasteiger charge is -2.29. The van der Waals surface area contributed by atoms with Gasteiger partial charge in [-0.1, -0.05) is 18.2 Å². The second-order valence-electron chi connectivity index (χ2n) is 8.85. The SMILES string of the molecule is Cc1nn(-c2ccccc2)c(Oc2ccc(F)cc2F)c1CN(CC(O)COC(C)C)C(C)C. The third-order valence-corrected chi connectivity index (χ3v) is 5.40. The molecular formula is C26H33F2N3O3. The van der Waals surface area contributed by atoms with E-state index in [1.54, 1.807) is 4.68 Å². The van der Waals surface area contributed by atoms with E-state index >= 15 is 0 Å². The Morgan fingerprint density at radius 2 is 1.76 bits per heavy atom. The van der Waals surface area contributed by atoms with Crippen LogP contribution in [0, 0.1) is 18.6 Å². The smallest absolute Gasteiger partial charge is 0.227 e. The minimum Gasteiger partial charge on any atom is -0.435 e. The number of aromatic nitrogens is 2. The fraction of sp³-hybridized carbons (Fsp3) is 0.423. The second kappa shape index (κ2) is 11.6. The van der Waals surface area contributed by atoms with Gasteiger partial charge in [-0.15, -0.1) is 0 Å². The molecule has 0 saturated carbocycles. The van der Waals surface area contributed by atoms with E-state index in [4.69, 9.17) is 9.47 Å². The molecule has 0 amide bonds. The highest BCUT2D eigenvalue weighted by Crippen LogP contribution is 2.33. The van der Waals surface area contributed by atoms with Gasteiger partial charge in [0.2, 0.25) is 5.88 Å². The van der Waals surface area contributed by atoms with E-state index < -0.39 is 17.7 Å². The van der Waals surface area contributed by atoms with Gasteiger partial charge in [-0.05, 0) is 58.9 Å². The molecule has 0 spiro atoms. The van der Waals surface area contributed by atoms with E-state index in [1.807, 2.05) is 65.0 Å². The molecule has 1 heterocycles. The zero-order chi connectivity index (χ0) is 24.8. The maximum atomic E-state index is 14.5. The Hall–Kier alpha value is -2.81. The zero-order valence-electron chi connectivity index (χ0n) is 20.3. The number of aliphatic hydroxyl groups excluding tert-OH is 1. The van der Waals surface area contributed by atoms with Crippen LogP contribution in [0.2, 0.25) is 0 Å². The highest BCUT2D eigenvalue weighted by atomic mass is 19.1. The average molecular weight is 474 g/mol. The van der Waals surface area contributed by atoms with E-state index in [1.165, 1.54) is 6.07 Å². The lowest BCUT2D eigenvalue weighted by Crippen LogP contribution is -2.39. The summed E-state index contributed by atoms with van der Waals surface area (Å²) in [6, 6.07) is 12.7. The van der Waals surface area contributed by atoms with Gasteiger partial charge < -0.3 is 14.6 Å². The van der Waals surface area contributed by atoms with Crippen molar-refractivity contribution < 1.29 is 23.4 Å². The molecule has 1 aromatic heterocycles. The lowest BCUT2D eigenvalue weighted by molar-refractivity contribution is -0.0137. The normalized spacial score (nSPS) is 12.7. The number of benzene rings is 2. The molecular weight excluding hydrogens is 440 g/mol. The molecule has 34 heavy (non-hydrogen) atoms. The number of aryl methyl sites for hydroxylation is 1. The average Bonchev–Trinajstić information content (AvgIpc) is 3.09. The summed E-state index contributed by atoms with van der Waals surface area (Å²) < 4.78 is 41.1. The van der Waals surface area contributed by atoms with Crippen LogP contribution in [-0.2, 0) is 11.3 Å². The molecule has 1 unspecified atom stereocenters. The van der Waals surface area contributed by atoms with Gasteiger partial charge in [0.15, 0.2) is 11.6 Å². The van der Waals surface area contributed by atoms with Crippen molar-refractivity contribution in [3.63, 3.8) is 0 Å². The number of rotatable bonds is 11. The Kier molecular flexibility index (Phi) is 8.77. The van der Waals surface area contributed by atoms with Gasteiger partial charge in [0.1, 0.15) is 5.82 Å². The number of halogens is 2. The zero-order valence-corrected chi connectivity index (χ0v) is 20.3. The van der Waals surface area contributed by atoms with Crippen LogP contribution >= 0.6 is 0 Å². The standard InChI is InChI=1S/C26H33F2N3O3/c1-17(2)30(14-22(32)16-33-18(3)4)15-23-19(5)29-31(21-9-7-6-8-10-21)26(23)34-25-12-11-20(27)13-24(25)28/h6-13,17-18,22,32H,14-16H2,1-5H3. The molecule has 1 N–H and O–H groups in total. The minimum atomic E-state index is -0.800. The van der Waals surface area contributed by atoms with Gasteiger partial charge in [0, 0.05) is 25.2 Å². The number of nitrogens with zero attached hydrogens (tertiary/aromatic N) is 3. The first kappa shape index (κ1) is 25.8. The molecule has 0 aliphatic carbocycles. The first-order valence-corrected chi connectivity index (χ1v) is 11.5. The van der Waals surface area contributed by atoms with Crippen molar-refractivity contribution in [1.82, 2.24) is 14.7 Å². The number of hydrogen-bond donors (Lipinski definition) is 1. The van der Waals surface area contributed by atoms with Gasteiger partial charge in [0.25, 0.3) is 0 Å². The van der Waals surface area contributed by atoms with Crippen LogP contribution in [0.4, 0.5) is 8.78 Å². The van der Waals surface area contributed by atoms with Crippen LogP contribution in [0.15, 0.2) is 48.5 Å². The molecule has 8 heteroatoms. The first-order valence-electron chi connectivity index (χ1n) is 11.5. The monoisotopic (exact) mass is 473 g/mol. The highest BCUT2D eigenvalue weighted by molar-refractivity contribution is 5.43. The summed E-state index contributed by atoms with van der Waals surface area (Å²) in [5.41, 5.74) is 2.20. The predicted octanol–water partition coefficient (Wildman–Crippen LogP) is 5.25. The fourth-order valence-corrected chi connectivity index (χ4v) is 3.52. The molecule has 3 aromatic rings. The predicted molar refractivity (Wildman–Crippen MR) is 127 cm³/mol. The quantitative estimate of drug-likeness (QED) is 0.412. The van der Waals surface area contributed by atoms with Gasteiger partial charge in [0.05, 0.1) is 35.8 Å². The van der Waals surface area contributed by atoms with Crippen molar-refractivity contribution in [2.75, 3.05) is 13.2 Å². The Morgan fingerprint density at radius 3 is 2.38 bits per heavy atom. The number of ether oxygens (including phenoxy) is 2. The van der Waals surface area contributed by atoms with Gasteiger partial charge in [-0.25, -0.2) is 13.5 Å². The molecule has 184 valence electrons. The van der Waals surface area contributed by atoms with E-state index in [-0.39, 0.29) is 24.5 Å². The summed E-state index contributed by atoms with van der Waals surface area (Å²) in [5, 5.41) is 15.2. The summed E-state index contributed by atoms with van der Waals surface area (Å²) in [6.07, 6.45) is -0.646. The Bertz CT molecular complexity index is 1070. The minimum absolute atomic E-state index is 0.0270. The van der Waals surface area contributed by atoms with Crippen molar-refractivity contribution in [3.8, 4) is 17.3 Å². The van der Waals surface area contributed by atoms with Crippen LogP contribution in [0.1, 0.15) is 39.0 Å². The molecule has 0 saturated heterocycles. The number of hydrogen-bond acceptors (Lipinski definition) is 5. The maximum absolute atomic E-state index is 14.5. The van der Waals surface area contributed by atoms with Crippen molar-refractivity contribution >= 4 is 0 Å². The molecule has 3 rings (SSSR count). The van der Waals surface area contributed by atoms with E-state index in [0.717, 1.165) is 23.4 Å². The Labute approximate surface area is 199 Å². The molecule has 0 bridgehead atoms. The molecule has 6 nitrogen and oxygen atoms in total. The Balaban J connectivity index is 1.97. The van der Waals surface area contributed by atoms with Gasteiger partial charge >= 0.3 is 0 Å². The first-order chi connectivity index (χ1) is 16.2. The third kappa shape index (κ3) is 6.62. The van der Waals surface area contributed by atoms with E-state index in [9.17, 15) is 13.9 Å². The molecule has 0 radical (unpaired) electrons. The fourth-order valence-electron chi connectivity index (χ4n) is 3.52. The summed E-state index contributed by atoms with van der Waals surface area (Å²) in [7, 11) is 0. The van der Waals surface area contributed by atoms with Crippen LogP contribution < -0.4 is 4.74 Å². The van der Waals surface area contributed by atoms with E-state index in [2.05, 4.69) is 10.00 Å². The van der Waals surface area contributed by atoms with Crippen LogP contribution in [0.25, 0.3) is 5.69 Å². The third-order valence-electron chi connectivity index (χ3n) is 5.40. The number of aliphatic hydroxyl groups is 1. The van der Waals surface area contributed by atoms with Crippen LogP contribution in [0.3, 0.4) is 0 Å². The lowest BCUT2D eigenvalue weighted by atomic mass is 10.2. The van der Waals surface area contributed by atoms with Crippen LogP contribution in [0.5, 0.6) is 11.6 Å². The van der Waals surface area contributed by atoms with E-state index in [0.29, 0.717) is 24.7 Å². The van der Waals surface area contributed by atoms with Gasteiger partial charge in [-0.3, -0.25) is 4.90 Å². The van der Waals surface area contributed by atoms with Crippen molar-refractivity contribution in [1.29, 1.82) is 0 Å². The molecule has 0 aliphatic rings. The highest BCUT2D eigenvalue weighted by Gasteiger charge is 2.24. The van der Waals surface area contributed by atoms with Crippen molar-refractivity contribution in [2.24, 2.45) is 0 Å². The molecule has 0 aliphatic heterocycles. The summed E-state index contributed by atoms with van der Waals surface area (Å²) >= 11 is 0.